The van der Waals surface area contributed by atoms with E-state index in [1.807, 2.05) is 12.1 Å². The molecular formula is C12H11Br2FN2S. The van der Waals surface area contributed by atoms with E-state index in [0.29, 0.717) is 6.54 Å². The third kappa shape index (κ3) is 3.32. The smallest absolute Gasteiger partial charge is 0.125 e. The molecular weight excluding hydrogens is 383 g/mol. The normalized spacial score (nSPS) is 12.4. The van der Waals surface area contributed by atoms with Crippen molar-refractivity contribution in [2.45, 2.75) is 6.04 Å². The molecule has 6 heteroatoms. The van der Waals surface area contributed by atoms with Gasteiger partial charge in [-0.15, -0.1) is 11.3 Å². The second kappa shape index (κ2) is 6.14. The maximum atomic E-state index is 13.1. The molecule has 3 N–H and O–H groups in total. The number of thiophene rings is 1. The number of halogens is 3. The topological polar surface area (TPSA) is 38.0 Å². The van der Waals surface area contributed by atoms with Gasteiger partial charge >= 0.3 is 0 Å². The monoisotopic (exact) mass is 392 g/mol. The molecule has 18 heavy (non-hydrogen) atoms. The Balaban J connectivity index is 2.19. The average molecular weight is 394 g/mol. The first kappa shape index (κ1) is 14.0. The molecule has 0 fully saturated rings. The van der Waals surface area contributed by atoms with Crippen LogP contribution >= 0.6 is 43.2 Å². The standard InChI is InChI=1S/C12H11Br2FN2S/c13-9-5-11(18-12(9)14)10(6-16)17-8-3-1-2-7(15)4-8/h1-5,10,17H,6,16H2. The van der Waals surface area contributed by atoms with E-state index in [9.17, 15) is 4.39 Å². The summed E-state index contributed by atoms with van der Waals surface area (Å²) in [6, 6.07) is 8.36. The highest BCUT2D eigenvalue weighted by Crippen LogP contribution is 2.36. The Morgan fingerprint density at radius 2 is 2.11 bits per heavy atom. The SMILES string of the molecule is NCC(Nc1cccc(F)c1)c1cc(Br)c(Br)s1. The lowest BCUT2D eigenvalue weighted by Gasteiger charge is -2.16. The number of hydrogen-bond donors (Lipinski definition) is 2. The molecule has 0 saturated carbocycles. The fraction of sp³-hybridized carbons (Fsp3) is 0.167. The van der Waals surface area contributed by atoms with Crippen LogP contribution in [0.5, 0.6) is 0 Å². The summed E-state index contributed by atoms with van der Waals surface area (Å²) in [5.41, 5.74) is 6.50. The lowest BCUT2D eigenvalue weighted by Crippen LogP contribution is -2.19. The Bertz CT molecular complexity index is 525. The van der Waals surface area contributed by atoms with Crippen LogP contribution in [0.25, 0.3) is 0 Å². The number of anilines is 1. The first-order chi connectivity index (χ1) is 8.60. The fourth-order valence-corrected chi connectivity index (χ4v) is 3.71. The van der Waals surface area contributed by atoms with Crippen LogP contribution in [0.3, 0.4) is 0 Å². The van der Waals surface area contributed by atoms with Gasteiger partial charge in [0.05, 0.1) is 9.83 Å². The van der Waals surface area contributed by atoms with E-state index in [-0.39, 0.29) is 11.9 Å². The largest absolute Gasteiger partial charge is 0.376 e. The zero-order valence-corrected chi connectivity index (χ0v) is 13.3. The van der Waals surface area contributed by atoms with Gasteiger partial charge in [-0.1, -0.05) is 6.07 Å². The minimum absolute atomic E-state index is 0.0283. The maximum Gasteiger partial charge on any atom is 0.125 e. The summed E-state index contributed by atoms with van der Waals surface area (Å²) in [5, 5.41) is 3.23. The molecule has 0 aliphatic rings. The molecule has 1 atom stereocenters. The van der Waals surface area contributed by atoms with Crippen molar-refractivity contribution in [3.63, 3.8) is 0 Å². The van der Waals surface area contributed by atoms with Crippen LogP contribution < -0.4 is 11.1 Å². The Morgan fingerprint density at radius 1 is 1.33 bits per heavy atom. The number of nitrogens with one attached hydrogen (secondary N) is 1. The number of rotatable bonds is 4. The number of benzene rings is 1. The van der Waals surface area contributed by atoms with Crippen LogP contribution in [0, 0.1) is 5.82 Å². The molecule has 2 aromatic rings. The molecule has 0 saturated heterocycles. The summed E-state index contributed by atoms with van der Waals surface area (Å²) in [6.07, 6.45) is 0. The van der Waals surface area contributed by atoms with Crippen molar-refractivity contribution in [3.8, 4) is 0 Å². The molecule has 1 aromatic carbocycles. The van der Waals surface area contributed by atoms with Crippen LogP contribution in [-0.4, -0.2) is 6.54 Å². The van der Waals surface area contributed by atoms with Crippen molar-refractivity contribution >= 4 is 48.9 Å². The van der Waals surface area contributed by atoms with E-state index in [0.717, 1.165) is 18.8 Å². The minimum Gasteiger partial charge on any atom is -0.376 e. The molecule has 0 amide bonds. The van der Waals surface area contributed by atoms with Gasteiger partial charge in [-0.05, 0) is 56.1 Å². The van der Waals surface area contributed by atoms with Crippen molar-refractivity contribution in [2.24, 2.45) is 5.73 Å². The van der Waals surface area contributed by atoms with Crippen LogP contribution in [0.1, 0.15) is 10.9 Å². The van der Waals surface area contributed by atoms with E-state index < -0.39 is 0 Å². The van der Waals surface area contributed by atoms with E-state index in [1.54, 1.807) is 17.4 Å². The highest BCUT2D eigenvalue weighted by molar-refractivity contribution is 9.13. The predicted molar refractivity (Wildman–Crippen MR) is 81.5 cm³/mol. The predicted octanol–water partition coefficient (Wildman–Crippen LogP) is 4.52. The minimum atomic E-state index is -0.260. The van der Waals surface area contributed by atoms with Gasteiger partial charge in [0.25, 0.3) is 0 Å². The van der Waals surface area contributed by atoms with E-state index >= 15 is 0 Å². The summed E-state index contributed by atoms with van der Waals surface area (Å²) in [4.78, 5) is 1.10. The van der Waals surface area contributed by atoms with Gasteiger partial charge in [0.1, 0.15) is 5.82 Å². The maximum absolute atomic E-state index is 13.1. The van der Waals surface area contributed by atoms with Gasteiger partial charge in [0.2, 0.25) is 0 Å². The lowest BCUT2D eigenvalue weighted by atomic mass is 10.2. The van der Waals surface area contributed by atoms with Crippen molar-refractivity contribution in [2.75, 3.05) is 11.9 Å². The Kier molecular flexibility index (Phi) is 4.77. The number of nitrogens with two attached hydrogens (primary N) is 1. The summed E-state index contributed by atoms with van der Waals surface area (Å²) >= 11 is 8.50. The quantitative estimate of drug-likeness (QED) is 0.800. The fourth-order valence-electron chi connectivity index (χ4n) is 1.56. The lowest BCUT2D eigenvalue weighted by molar-refractivity contribution is 0.627. The van der Waals surface area contributed by atoms with Crippen LogP contribution in [0.4, 0.5) is 10.1 Å². The molecule has 0 radical (unpaired) electrons. The molecule has 1 unspecified atom stereocenters. The second-order valence-corrected chi connectivity index (χ2v) is 6.97. The second-order valence-electron chi connectivity index (χ2n) is 3.71. The molecule has 0 spiro atoms. The van der Waals surface area contributed by atoms with Crippen molar-refractivity contribution < 1.29 is 4.39 Å². The van der Waals surface area contributed by atoms with Gasteiger partial charge in [-0.2, -0.15) is 0 Å². The van der Waals surface area contributed by atoms with Crippen LogP contribution in [-0.2, 0) is 0 Å². The van der Waals surface area contributed by atoms with E-state index in [2.05, 4.69) is 37.2 Å². The van der Waals surface area contributed by atoms with Crippen molar-refractivity contribution in [3.05, 3.63) is 49.3 Å². The summed E-state index contributed by atoms with van der Waals surface area (Å²) in [6.45, 7) is 0.440. The average Bonchev–Trinajstić information content (AvgIpc) is 2.66. The summed E-state index contributed by atoms with van der Waals surface area (Å²) in [5.74, 6) is -0.260. The Labute approximate surface area is 126 Å². The van der Waals surface area contributed by atoms with Crippen molar-refractivity contribution in [1.82, 2.24) is 0 Å². The molecule has 1 aromatic heterocycles. The van der Waals surface area contributed by atoms with Gasteiger partial charge in [-0.25, -0.2) is 4.39 Å². The highest BCUT2D eigenvalue weighted by atomic mass is 79.9. The first-order valence-electron chi connectivity index (χ1n) is 5.27. The molecule has 2 nitrogen and oxygen atoms in total. The van der Waals surface area contributed by atoms with Gasteiger partial charge in [0.15, 0.2) is 0 Å². The molecule has 0 bridgehead atoms. The summed E-state index contributed by atoms with van der Waals surface area (Å²) in [7, 11) is 0. The summed E-state index contributed by atoms with van der Waals surface area (Å²) < 4.78 is 15.1. The van der Waals surface area contributed by atoms with Crippen molar-refractivity contribution in [1.29, 1.82) is 0 Å². The Hall–Kier alpha value is -0.430. The van der Waals surface area contributed by atoms with Gasteiger partial charge in [0, 0.05) is 21.6 Å². The third-order valence-corrected chi connectivity index (χ3v) is 5.78. The van der Waals surface area contributed by atoms with Crippen LogP contribution in [0.15, 0.2) is 38.6 Å². The third-order valence-electron chi connectivity index (χ3n) is 2.41. The zero-order chi connectivity index (χ0) is 13.1. The molecule has 0 aliphatic carbocycles. The molecule has 1 heterocycles. The molecule has 2 rings (SSSR count). The Morgan fingerprint density at radius 3 is 2.67 bits per heavy atom. The van der Waals surface area contributed by atoms with E-state index in [4.69, 9.17) is 5.73 Å². The highest BCUT2D eigenvalue weighted by Gasteiger charge is 2.14. The zero-order valence-electron chi connectivity index (χ0n) is 9.29. The van der Waals surface area contributed by atoms with Gasteiger partial charge < -0.3 is 11.1 Å². The van der Waals surface area contributed by atoms with E-state index in [1.165, 1.54) is 12.1 Å². The number of hydrogen-bond acceptors (Lipinski definition) is 3. The van der Waals surface area contributed by atoms with Crippen LogP contribution in [0.2, 0.25) is 0 Å². The van der Waals surface area contributed by atoms with Gasteiger partial charge in [-0.3, -0.25) is 0 Å². The first-order valence-corrected chi connectivity index (χ1v) is 7.67. The molecule has 0 aliphatic heterocycles. The molecule has 96 valence electrons.